The van der Waals surface area contributed by atoms with Crippen LogP contribution in [0, 0.1) is 0 Å². The molecule has 0 amide bonds. The predicted molar refractivity (Wildman–Crippen MR) is 83.4 cm³/mol. The van der Waals surface area contributed by atoms with Gasteiger partial charge in [-0.2, -0.15) is 0 Å². The van der Waals surface area contributed by atoms with Crippen molar-refractivity contribution in [3.05, 3.63) is 60.2 Å². The highest BCUT2D eigenvalue weighted by atomic mass is 32.2. The quantitative estimate of drug-likeness (QED) is 0.888. The van der Waals surface area contributed by atoms with E-state index in [0.29, 0.717) is 6.54 Å². The molecule has 2 rings (SSSR count). The van der Waals surface area contributed by atoms with Crippen LogP contribution in [0.25, 0.3) is 0 Å². The molecule has 0 heterocycles. The minimum Gasteiger partial charge on any atom is -0.395 e. The van der Waals surface area contributed by atoms with Crippen molar-refractivity contribution in [2.45, 2.75) is 11.4 Å². The molecule has 1 atom stereocenters. The minimum absolute atomic E-state index is 0.117. The van der Waals surface area contributed by atoms with E-state index < -0.39 is 10.8 Å². The summed E-state index contributed by atoms with van der Waals surface area (Å²) in [4.78, 5) is 2.96. The lowest BCUT2D eigenvalue weighted by Crippen LogP contribution is -2.25. The van der Waals surface area contributed by atoms with E-state index in [1.54, 1.807) is 6.26 Å². The third kappa shape index (κ3) is 3.92. The van der Waals surface area contributed by atoms with Crippen LogP contribution in [0.3, 0.4) is 0 Å². The Morgan fingerprint density at radius 1 is 1.05 bits per heavy atom. The van der Waals surface area contributed by atoms with E-state index in [1.165, 1.54) is 0 Å². The Morgan fingerprint density at radius 2 is 1.70 bits per heavy atom. The molecule has 106 valence electrons. The zero-order valence-electron chi connectivity index (χ0n) is 11.5. The predicted octanol–water partition coefficient (Wildman–Crippen LogP) is 2.42. The summed E-state index contributed by atoms with van der Waals surface area (Å²) in [6, 6.07) is 17.8. The summed E-state index contributed by atoms with van der Waals surface area (Å²) >= 11 is 0. The number of aliphatic hydroxyl groups excluding tert-OH is 1. The molecule has 1 unspecified atom stereocenters. The van der Waals surface area contributed by atoms with Crippen molar-refractivity contribution in [2.75, 3.05) is 24.3 Å². The largest absolute Gasteiger partial charge is 0.395 e. The van der Waals surface area contributed by atoms with Crippen LogP contribution in [-0.2, 0) is 17.3 Å². The number of para-hydroxylation sites is 1. The number of hydrogen-bond donors (Lipinski definition) is 1. The molecule has 0 bridgehead atoms. The lowest BCUT2D eigenvalue weighted by atomic mass is 10.2. The maximum atomic E-state index is 11.4. The van der Waals surface area contributed by atoms with Crippen molar-refractivity contribution in [1.82, 2.24) is 0 Å². The second kappa shape index (κ2) is 7.22. The number of rotatable bonds is 6. The van der Waals surface area contributed by atoms with E-state index in [1.807, 2.05) is 54.6 Å². The smallest absolute Gasteiger partial charge is 0.0606 e. The van der Waals surface area contributed by atoms with Crippen LogP contribution in [0.1, 0.15) is 5.56 Å². The highest BCUT2D eigenvalue weighted by Gasteiger charge is 2.07. The van der Waals surface area contributed by atoms with Gasteiger partial charge in [-0.1, -0.05) is 30.3 Å². The molecule has 0 saturated carbocycles. The number of hydrogen-bond acceptors (Lipinski definition) is 3. The van der Waals surface area contributed by atoms with Gasteiger partial charge in [-0.25, -0.2) is 0 Å². The van der Waals surface area contributed by atoms with Crippen molar-refractivity contribution in [2.24, 2.45) is 0 Å². The van der Waals surface area contributed by atoms with Gasteiger partial charge in [0.15, 0.2) is 0 Å². The van der Waals surface area contributed by atoms with Gasteiger partial charge >= 0.3 is 0 Å². The highest BCUT2D eigenvalue weighted by Crippen LogP contribution is 2.17. The van der Waals surface area contributed by atoms with Crippen LogP contribution < -0.4 is 4.90 Å². The summed E-state index contributed by atoms with van der Waals surface area (Å²) in [7, 11) is -0.943. The fourth-order valence-electron chi connectivity index (χ4n) is 2.07. The lowest BCUT2D eigenvalue weighted by molar-refractivity contribution is 0.301. The third-order valence-corrected chi connectivity index (χ3v) is 4.06. The van der Waals surface area contributed by atoms with E-state index >= 15 is 0 Å². The standard InChI is InChI=1S/C16H19NO2S/c1-20(19)16-9-7-14(8-10-16)13-17(11-12-18)15-5-3-2-4-6-15/h2-10,18H,11-13H2,1H3. The Hall–Kier alpha value is -1.65. The van der Waals surface area contributed by atoms with Crippen LogP contribution in [0.5, 0.6) is 0 Å². The zero-order chi connectivity index (χ0) is 14.4. The molecule has 3 nitrogen and oxygen atoms in total. The highest BCUT2D eigenvalue weighted by molar-refractivity contribution is 7.84. The molecular weight excluding hydrogens is 270 g/mol. The maximum Gasteiger partial charge on any atom is 0.0606 e. The number of anilines is 1. The average Bonchev–Trinajstić information content (AvgIpc) is 2.48. The average molecular weight is 289 g/mol. The molecule has 2 aromatic rings. The van der Waals surface area contributed by atoms with Crippen molar-refractivity contribution < 1.29 is 9.32 Å². The lowest BCUT2D eigenvalue weighted by Gasteiger charge is -2.24. The molecule has 20 heavy (non-hydrogen) atoms. The fraction of sp³-hybridized carbons (Fsp3) is 0.250. The normalized spacial score (nSPS) is 12.1. The summed E-state index contributed by atoms with van der Waals surface area (Å²) < 4.78 is 11.4. The Bertz CT molecular complexity index is 554. The molecule has 0 radical (unpaired) electrons. The van der Waals surface area contributed by atoms with Gasteiger partial charge in [-0.05, 0) is 29.8 Å². The first kappa shape index (κ1) is 14.8. The van der Waals surface area contributed by atoms with Gasteiger partial charge in [0.05, 0.1) is 6.61 Å². The number of benzene rings is 2. The van der Waals surface area contributed by atoms with E-state index in [2.05, 4.69) is 4.90 Å². The molecule has 0 saturated heterocycles. The van der Waals surface area contributed by atoms with Crippen LogP contribution in [0.15, 0.2) is 59.5 Å². The molecule has 4 heteroatoms. The Balaban J connectivity index is 2.14. The first-order chi connectivity index (χ1) is 9.70. The number of aliphatic hydroxyl groups is 1. The van der Waals surface area contributed by atoms with Crippen LogP contribution in [0.4, 0.5) is 5.69 Å². The third-order valence-electron chi connectivity index (χ3n) is 3.12. The first-order valence-electron chi connectivity index (χ1n) is 6.54. The van der Waals surface area contributed by atoms with Crippen LogP contribution in [-0.4, -0.2) is 28.7 Å². The molecule has 0 fully saturated rings. The van der Waals surface area contributed by atoms with Crippen LogP contribution in [0.2, 0.25) is 0 Å². The zero-order valence-corrected chi connectivity index (χ0v) is 12.3. The van der Waals surface area contributed by atoms with Gasteiger partial charge in [0.2, 0.25) is 0 Å². The summed E-state index contributed by atoms with van der Waals surface area (Å²) in [5.41, 5.74) is 2.22. The van der Waals surface area contributed by atoms with E-state index in [9.17, 15) is 9.32 Å². The topological polar surface area (TPSA) is 40.5 Å². The summed E-state index contributed by atoms with van der Waals surface area (Å²) in [5, 5.41) is 9.21. The molecule has 0 aliphatic rings. The fourth-order valence-corrected chi connectivity index (χ4v) is 2.59. The van der Waals surface area contributed by atoms with Gasteiger partial charge in [-0.3, -0.25) is 4.21 Å². The second-order valence-corrected chi connectivity index (χ2v) is 5.96. The molecule has 0 spiro atoms. The molecule has 0 aliphatic carbocycles. The Morgan fingerprint density at radius 3 is 2.25 bits per heavy atom. The van der Waals surface area contributed by atoms with Crippen molar-refractivity contribution >= 4 is 16.5 Å². The molecule has 0 aliphatic heterocycles. The van der Waals surface area contributed by atoms with Gasteiger partial charge in [-0.15, -0.1) is 0 Å². The Kier molecular flexibility index (Phi) is 5.32. The van der Waals surface area contributed by atoms with Crippen LogP contribution >= 0.6 is 0 Å². The monoisotopic (exact) mass is 289 g/mol. The number of nitrogens with zero attached hydrogens (tertiary/aromatic N) is 1. The van der Waals surface area contributed by atoms with E-state index in [4.69, 9.17) is 0 Å². The van der Waals surface area contributed by atoms with E-state index in [0.717, 1.165) is 22.7 Å². The van der Waals surface area contributed by atoms with Crippen molar-refractivity contribution in [3.63, 3.8) is 0 Å². The maximum absolute atomic E-state index is 11.4. The molecule has 2 aromatic carbocycles. The molecule has 1 N–H and O–H groups in total. The summed E-state index contributed by atoms with van der Waals surface area (Å²) in [6.45, 7) is 1.43. The van der Waals surface area contributed by atoms with Gasteiger partial charge in [0.25, 0.3) is 0 Å². The minimum atomic E-state index is -0.943. The van der Waals surface area contributed by atoms with Gasteiger partial charge < -0.3 is 10.0 Å². The Labute approximate surface area is 122 Å². The second-order valence-electron chi connectivity index (χ2n) is 4.58. The SMILES string of the molecule is CS(=O)c1ccc(CN(CCO)c2ccccc2)cc1. The van der Waals surface area contributed by atoms with E-state index in [-0.39, 0.29) is 6.61 Å². The first-order valence-corrected chi connectivity index (χ1v) is 8.10. The summed E-state index contributed by atoms with van der Waals surface area (Å²) in [6.07, 6.45) is 1.68. The summed E-state index contributed by atoms with van der Waals surface area (Å²) in [5.74, 6) is 0. The van der Waals surface area contributed by atoms with Gasteiger partial charge in [0, 0.05) is 40.7 Å². The van der Waals surface area contributed by atoms with Crippen molar-refractivity contribution in [3.8, 4) is 0 Å². The van der Waals surface area contributed by atoms with Crippen molar-refractivity contribution in [1.29, 1.82) is 0 Å². The van der Waals surface area contributed by atoms with Gasteiger partial charge in [0.1, 0.15) is 0 Å². The molecular formula is C16H19NO2S. The molecule has 0 aromatic heterocycles.